The van der Waals surface area contributed by atoms with E-state index in [0.717, 1.165) is 32.6 Å². The van der Waals surface area contributed by atoms with Gasteiger partial charge in [-0.05, 0) is 36.5 Å². The van der Waals surface area contributed by atoms with E-state index in [4.69, 9.17) is 17.3 Å². The first-order valence-corrected chi connectivity index (χ1v) is 14.6. The predicted molar refractivity (Wildman–Crippen MR) is 147 cm³/mol. The summed E-state index contributed by atoms with van der Waals surface area (Å²) in [6, 6.07) is 10.2. The first-order chi connectivity index (χ1) is 17.5. The topological polar surface area (TPSA) is 135 Å². The lowest BCUT2D eigenvalue weighted by molar-refractivity contribution is -0.130. The Hall–Kier alpha value is -2.56. The quantitative estimate of drug-likeness (QED) is 0.327. The van der Waals surface area contributed by atoms with Gasteiger partial charge in [0.25, 0.3) is 10.0 Å². The van der Waals surface area contributed by atoms with Gasteiger partial charge in [0.1, 0.15) is 6.04 Å². The zero-order valence-electron chi connectivity index (χ0n) is 20.6. The largest absolute Gasteiger partial charge is 0.368 e. The summed E-state index contributed by atoms with van der Waals surface area (Å²) in [6.07, 6.45) is 5.40. The second kappa shape index (κ2) is 12.8. The lowest BCUT2D eigenvalue weighted by Gasteiger charge is -2.29. The molecule has 3 amide bonds. The van der Waals surface area contributed by atoms with Crippen LogP contribution in [0.2, 0.25) is 5.02 Å². The van der Waals surface area contributed by atoms with E-state index in [2.05, 4.69) is 17.9 Å². The number of hydrogen-bond acceptors (Lipinski definition) is 6. The van der Waals surface area contributed by atoms with Crippen LogP contribution in [0.1, 0.15) is 44.6 Å². The molecule has 2 aromatic carbocycles. The standard InChI is InChI=1S/C26H32ClN3O5S2/c1-16(31)30-37(34,35)24-10-6-5-9-20(24)19-12-11-17(13-22(19)27)14-23(25(28)32)29-26(33)21(15-36)18-7-3-2-4-8-18/h5-6,9-13,18,21,23,36H,2-4,7-8,14-15H2,1H3,(H2,28,32)(H,29,33)(H,30,31)/t21-,23?/m0/s1. The minimum Gasteiger partial charge on any atom is -0.368 e. The van der Waals surface area contributed by atoms with Crippen LogP contribution in [0.15, 0.2) is 47.4 Å². The number of benzene rings is 2. The minimum absolute atomic E-state index is 0.0948. The van der Waals surface area contributed by atoms with Crippen LogP contribution in [0.3, 0.4) is 0 Å². The van der Waals surface area contributed by atoms with Gasteiger partial charge in [0.05, 0.1) is 4.90 Å². The highest BCUT2D eigenvalue weighted by atomic mass is 35.5. The lowest BCUT2D eigenvalue weighted by Crippen LogP contribution is -2.49. The van der Waals surface area contributed by atoms with Crippen molar-refractivity contribution in [2.75, 3.05) is 5.75 Å². The normalized spacial score (nSPS) is 16.0. The van der Waals surface area contributed by atoms with Crippen LogP contribution in [-0.2, 0) is 30.8 Å². The molecule has 0 spiro atoms. The Labute approximate surface area is 228 Å². The smallest absolute Gasteiger partial charge is 0.264 e. The number of nitrogens with one attached hydrogen (secondary N) is 2. The van der Waals surface area contributed by atoms with Crippen LogP contribution in [0.5, 0.6) is 0 Å². The first kappa shape index (κ1) is 29.0. The van der Waals surface area contributed by atoms with Gasteiger partial charge in [-0.1, -0.05) is 61.2 Å². The van der Waals surface area contributed by atoms with Crippen molar-refractivity contribution in [2.24, 2.45) is 17.6 Å². The van der Waals surface area contributed by atoms with Gasteiger partial charge in [-0.3, -0.25) is 14.4 Å². The Morgan fingerprint density at radius 3 is 2.35 bits per heavy atom. The van der Waals surface area contributed by atoms with Crippen molar-refractivity contribution in [2.45, 2.75) is 56.4 Å². The number of halogens is 1. The number of sulfonamides is 1. The number of amides is 3. The van der Waals surface area contributed by atoms with Crippen molar-refractivity contribution < 1.29 is 22.8 Å². The second-order valence-electron chi connectivity index (χ2n) is 9.33. The highest BCUT2D eigenvalue weighted by Crippen LogP contribution is 2.34. The van der Waals surface area contributed by atoms with Crippen LogP contribution >= 0.6 is 24.2 Å². The van der Waals surface area contributed by atoms with Crippen molar-refractivity contribution in [1.82, 2.24) is 10.0 Å². The summed E-state index contributed by atoms with van der Waals surface area (Å²) < 4.78 is 27.3. The number of carbonyl (C=O) groups is 3. The number of rotatable bonds is 10. The molecule has 0 bridgehead atoms. The molecule has 0 aliphatic heterocycles. The molecule has 2 aromatic rings. The summed E-state index contributed by atoms with van der Waals surface area (Å²) in [5.74, 6) is -1.27. The molecule has 3 rings (SSSR count). The van der Waals surface area contributed by atoms with Crippen molar-refractivity contribution in [3.05, 3.63) is 53.1 Å². The average Bonchev–Trinajstić information content (AvgIpc) is 2.84. The fourth-order valence-corrected chi connectivity index (χ4v) is 6.77. The van der Waals surface area contributed by atoms with Gasteiger partial charge in [-0.25, -0.2) is 13.1 Å². The lowest BCUT2D eigenvalue weighted by atomic mass is 9.80. The highest BCUT2D eigenvalue weighted by Gasteiger charge is 2.31. The van der Waals surface area contributed by atoms with E-state index >= 15 is 0 Å². The Bertz CT molecular complexity index is 1260. The van der Waals surface area contributed by atoms with Gasteiger partial charge in [0.2, 0.25) is 17.7 Å². The predicted octanol–water partition coefficient (Wildman–Crippen LogP) is 3.47. The summed E-state index contributed by atoms with van der Waals surface area (Å²) in [6.45, 7) is 1.11. The molecule has 1 saturated carbocycles. The molecule has 2 atom stereocenters. The molecular weight excluding hydrogens is 534 g/mol. The summed E-state index contributed by atoms with van der Waals surface area (Å²) in [7, 11) is -4.10. The Balaban J connectivity index is 1.81. The van der Waals surface area contributed by atoms with E-state index in [9.17, 15) is 22.8 Å². The monoisotopic (exact) mass is 565 g/mol. The van der Waals surface area contributed by atoms with E-state index in [0.29, 0.717) is 22.4 Å². The third kappa shape index (κ3) is 7.49. The zero-order valence-corrected chi connectivity index (χ0v) is 23.0. The van der Waals surface area contributed by atoms with E-state index in [1.165, 1.54) is 12.5 Å². The molecule has 1 fully saturated rings. The van der Waals surface area contributed by atoms with E-state index in [1.54, 1.807) is 36.4 Å². The molecular formula is C26H32ClN3O5S2. The van der Waals surface area contributed by atoms with Gasteiger partial charge >= 0.3 is 0 Å². The van der Waals surface area contributed by atoms with Crippen LogP contribution in [0.25, 0.3) is 11.1 Å². The number of primary amides is 1. The third-order valence-corrected chi connectivity index (χ3v) is 8.83. The molecule has 0 aromatic heterocycles. The number of thiol groups is 1. The second-order valence-corrected chi connectivity index (χ2v) is 11.8. The summed E-state index contributed by atoms with van der Waals surface area (Å²) >= 11 is 10.9. The molecule has 11 heteroatoms. The number of carbonyl (C=O) groups excluding carboxylic acids is 3. The maximum atomic E-state index is 13.0. The summed E-state index contributed by atoms with van der Waals surface area (Å²) in [5, 5.41) is 3.04. The Morgan fingerprint density at radius 1 is 1.08 bits per heavy atom. The minimum atomic E-state index is -4.10. The fraction of sp³-hybridized carbons (Fsp3) is 0.423. The number of hydrogen-bond donors (Lipinski definition) is 4. The molecule has 200 valence electrons. The maximum absolute atomic E-state index is 13.0. The molecule has 8 nitrogen and oxygen atoms in total. The van der Waals surface area contributed by atoms with Crippen molar-refractivity contribution >= 4 is 52.0 Å². The van der Waals surface area contributed by atoms with Crippen molar-refractivity contribution in [1.29, 1.82) is 0 Å². The van der Waals surface area contributed by atoms with Crippen molar-refractivity contribution in [3.8, 4) is 11.1 Å². The van der Waals surface area contributed by atoms with Gasteiger partial charge in [0, 0.05) is 41.2 Å². The van der Waals surface area contributed by atoms with Gasteiger partial charge in [0.15, 0.2) is 0 Å². The SMILES string of the molecule is CC(=O)NS(=O)(=O)c1ccccc1-c1ccc(CC(NC(=O)[C@@H](CS)C2CCCCC2)C(N)=O)cc1Cl. The van der Waals surface area contributed by atoms with Gasteiger partial charge < -0.3 is 11.1 Å². The molecule has 0 heterocycles. The number of nitrogens with two attached hydrogens (primary N) is 1. The molecule has 1 aliphatic rings. The molecule has 0 saturated heterocycles. The maximum Gasteiger partial charge on any atom is 0.264 e. The van der Waals surface area contributed by atoms with Crippen LogP contribution in [-0.4, -0.2) is 37.9 Å². The van der Waals surface area contributed by atoms with E-state index in [-0.39, 0.29) is 34.1 Å². The van der Waals surface area contributed by atoms with E-state index < -0.39 is 27.9 Å². The van der Waals surface area contributed by atoms with Gasteiger partial charge in [-0.2, -0.15) is 12.6 Å². The first-order valence-electron chi connectivity index (χ1n) is 12.1. The molecule has 37 heavy (non-hydrogen) atoms. The average molecular weight is 566 g/mol. The molecule has 0 radical (unpaired) electrons. The molecule has 1 unspecified atom stereocenters. The molecule has 1 aliphatic carbocycles. The zero-order chi connectivity index (χ0) is 27.2. The summed E-state index contributed by atoms with van der Waals surface area (Å²) in [5.41, 5.74) is 7.00. The van der Waals surface area contributed by atoms with Crippen molar-refractivity contribution in [3.63, 3.8) is 0 Å². The fourth-order valence-electron chi connectivity index (χ4n) is 4.79. The third-order valence-electron chi connectivity index (χ3n) is 6.63. The van der Waals surface area contributed by atoms with Crippen LogP contribution in [0, 0.1) is 11.8 Å². The molecule has 4 N–H and O–H groups in total. The highest BCUT2D eigenvalue weighted by molar-refractivity contribution is 7.90. The summed E-state index contributed by atoms with van der Waals surface area (Å²) in [4.78, 5) is 36.5. The van der Waals surface area contributed by atoms with Crippen LogP contribution < -0.4 is 15.8 Å². The van der Waals surface area contributed by atoms with Crippen LogP contribution in [0.4, 0.5) is 0 Å². The van der Waals surface area contributed by atoms with Gasteiger partial charge in [-0.15, -0.1) is 0 Å². The Kier molecular flexibility index (Phi) is 10.0. The van der Waals surface area contributed by atoms with E-state index in [1.807, 2.05) is 4.72 Å². The Morgan fingerprint density at radius 2 is 1.76 bits per heavy atom.